The fourth-order valence-electron chi connectivity index (χ4n) is 2.84. The molecule has 1 amide bonds. The molecule has 10 heteroatoms. The molecule has 0 aliphatic carbocycles. The van der Waals surface area contributed by atoms with E-state index in [-0.39, 0.29) is 22.0 Å². The number of amides is 1. The molecule has 0 saturated heterocycles. The van der Waals surface area contributed by atoms with Crippen LogP contribution in [0, 0.1) is 5.82 Å². The van der Waals surface area contributed by atoms with Gasteiger partial charge >= 0.3 is 0 Å². The van der Waals surface area contributed by atoms with Gasteiger partial charge in [-0.1, -0.05) is 23.7 Å². The minimum atomic E-state index is -3.93. The average molecular weight is 488 g/mol. The van der Waals surface area contributed by atoms with E-state index in [1.807, 2.05) is 0 Å². The van der Waals surface area contributed by atoms with Gasteiger partial charge in [-0.05, 0) is 60.7 Å². The third kappa shape index (κ3) is 4.96. The molecule has 1 heterocycles. The van der Waals surface area contributed by atoms with Crippen molar-refractivity contribution in [1.29, 1.82) is 0 Å². The molecule has 32 heavy (non-hydrogen) atoms. The molecule has 0 bridgehead atoms. The number of hydrogen-bond donors (Lipinski definition) is 2. The minimum absolute atomic E-state index is 0.0148. The highest BCUT2D eigenvalue weighted by Crippen LogP contribution is 2.27. The van der Waals surface area contributed by atoms with Gasteiger partial charge in [-0.25, -0.2) is 17.8 Å². The Morgan fingerprint density at radius 2 is 1.66 bits per heavy atom. The van der Waals surface area contributed by atoms with Crippen LogP contribution in [0.25, 0.3) is 11.3 Å². The number of nitrogens with one attached hydrogen (secondary N) is 2. The summed E-state index contributed by atoms with van der Waals surface area (Å²) in [7, 11) is -3.93. The zero-order chi connectivity index (χ0) is 22.7. The van der Waals surface area contributed by atoms with Crippen molar-refractivity contribution in [3.8, 4) is 11.3 Å². The number of anilines is 2. The topological polar surface area (TPSA) is 88.2 Å². The summed E-state index contributed by atoms with van der Waals surface area (Å²) in [5.41, 5.74) is 1.54. The predicted molar refractivity (Wildman–Crippen MR) is 124 cm³/mol. The Kier molecular flexibility index (Phi) is 6.22. The molecular weight excluding hydrogens is 473 g/mol. The van der Waals surface area contributed by atoms with Crippen molar-refractivity contribution in [3.05, 3.63) is 94.6 Å². The van der Waals surface area contributed by atoms with Crippen LogP contribution in [-0.4, -0.2) is 19.3 Å². The lowest BCUT2D eigenvalue weighted by Crippen LogP contribution is -2.18. The summed E-state index contributed by atoms with van der Waals surface area (Å²) in [5, 5.41) is 5.14. The zero-order valence-electron chi connectivity index (χ0n) is 16.2. The SMILES string of the molecule is O=C(Nc1nc(-c2ccc(F)cc2)cs1)c1ccccc1NS(=O)(=O)c1ccc(Cl)cc1. The number of sulfonamides is 1. The van der Waals surface area contributed by atoms with Crippen LogP contribution in [0.2, 0.25) is 5.02 Å². The number of carbonyl (C=O) groups is 1. The standard InChI is InChI=1S/C22H15ClFN3O3S2/c23-15-7-11-17(12-8-15)32(29,30)27-19-4-2-1-3-18(19)21(28)26-22-25-20(13-31-22)14-5-9-16(24)10-6-14/h1-13,27H,(H,25,26,28). The Morgan fingerprint density at radius 3 is 2.38 bits per heavy atom. The Labute approximate surface area is 192 Å². The van der Waals surface area contributed by atoms with Gasteiger partial charge in [0.15, 0.2) is 5.13 Å². The van der Waals surface area contributed by atoms with Crippen molar-refractivity contribution < 1.29 is 17.6 Å². The molecule has 0 aliphatic heterocycles. The average Bonchev–Trinajstić information content (AvgIpc) is 3.23. The third-order valence-corrected chi connectivity index (χ3v) is 6.80. The second-order valence-electron chi connectivity index (χ2n) is 6.60. The molecule has 4 aromatic rings. The van der Waals surface area contributed by atoms with Gasteiger partial charge < -0.3 is 0 Å². The Hall–Kier alpha value is -3.27. The van der Waals surface area contributed by atoms with Crippen LogP contribution in [0.3, 0.4) is 0 Å². The van der Waals surface area contributed by atoms with E-state index in [1.165, 1.54) is 59.9 Å². The van der Waals surface area contributed by atoms with Crippen molar-refractivity contribution in [3.63, 3.8) is 0 Å². The number of aromatic nitrogens is 1. The van der Waals surface area contributed by atoms with Crippen LogP contribution < -0.4 is 10.0 Å². The highest BCUT2D eigenvalue weighted by Gasteiger charge is 2.19. The number of carbonyl (C=O) groups excluding carboxylic acids is 1. The summed E-state index contributed by atoms with van der Waals surface area (Å²) in [5.74, 6) is -0.880. The fourth-order valence-corrected chi connectivity index (χ4v) is 4.76. The maximum absolute atomic E-state index is 13.1. The van der Waals surface area contributed by atoms with Crippen molar-refractivity contribution >= 4 is 49.7 Å². The molecule has 3 aromatic carbocycles. The lowest BCUT2D eigenvalue weighted by molar-refractivity contribution is 0.102. The summed E-state index contributed by atoms with van der Waals surface area (Å²) in [6.07, 6.45) is 0. The maximum atomic E-state index is 13.1. The second-order valence-corrected chi connectivity index (χ2v) is 9.58. The van der Waals surface area contributed by atoms with Crippen molar-refractivity contribution in [2.45, 2.75) is 4.90 Å². The number of thiazole rings is 1. The van der Waals surface area contributed by atoms with E-state index in [0.717, 1.165) is 0 Å². The van der Waals surface area contributed by atoms with E-state index in [9.17, 15) is 17.6 Å². The molecule has 0 aliphatic rings. The molecule has 0 fully saturated rings. The number of hydrogen-bond acceptors (Lipinski definition) is 5. The number of benzene rings is 3. The van der Waals surface area contributed by atoms with E-state index in [0.29, 0.717) is 21.4 Å². The molecule has 162 valence electrons. The van der Waals surface area contributed by atoms with Gasteiger partial charge in [-0.15, -0.1) is 11.3 Å². The number of nitrogens with zero attached hydrogens (tertiary/aromatic N) is 1. The van der Waals surface area contributed by atoms with Gasteiger partial charge in [0, 0.05) is 16.0 Å². The first-order chi connectivity index (χ1) is 15.3. The quantitative estimate of drug-likeness (QED) is 0.367. The largest absolute Gasteiger partial charge is 0.298 e. The van der Waals surface area contributed by atoms with Gasteiger partial charge in [-0.2, -0.15) is 0 Å². The molecule has 0 unspecified atom stereocenters. The highest BCUT2D eigenvalue weighted by atomic mass is 35.5. The monoisotopic (exact) mass is 487 g/mol. The van der Waals surface area contributed by atoms with Crippen LogP contribution in [0.4, 0.5) is 15.2 Å². The molecular formula is C22H15ClFN3O3S2. The molecule has 2 N–H and O–H groups in total. The van der Waals surface area contributed by atoms with Crippen molar-refractivity contribution in [1.82, 2.24) is 4.98 Å². The van der Waals surface area contributed by atoms with E-state index >= 15 is 0 Å². The van der Waals surface area contributed by atoms with Crippen LogP contribution >= 0.6 is 22.9 Å². The van der Waals surface area contributed by atoms with Gasteiger partial charge in [-0.3, -0.25) is 14.8 Å². The van der Waals surface area contributed by atoms with E-state index < -0.39 is 15.9 Å². The lowest BCUT2D eigenvalue weighted by Gasteiger charge is -2.12. The molecule has 4 rings (SSSR count). The highest BCUT2D eigenvalue weighted by molar-refractivity contribution is 7.92. The van der Waals surface area contributed by atoms with Crippen LogP contribution in [0.5, 0.6) is 0 Å². The van der Waals surface area contributed by atoms with Crippen LogP contribution in [-0.2, 0) is 10.0 Å². The Bertz CT molecular complexity index is 1370. The Morgan fingerprint density at radius 1 is 0.969 bits per heavy atom. The molecule has 0 atom stereocenters. The first kappa shape index (κ1) is 21.9. The first-order valence-corrected chi connectivity index (χ1v) is 12.0. The predicted octanol–water partition coefficient (Wildman–Crippen LogP) is 5.66. The van der Waals surface area contributed by atoms with Crippen molar-refractivity contribution in [2.75, 3.05) is 10.0 Å². The molecule has 1 aromatic heterocycles. The summed E-state index contributed by atoms with van der Waals surface area (Å²) >= 11 is 7.02. The first-order valence-electron chi connectivity index (χ1n) is 9.22. The van der Waals surface area contributed by atoms with E-state index in [2.05, 4.69) is 15.0 Å². The van der Waals surface area contributed by atoms with E-state index in [4.69, 9.17) is 11.6 Å². The zero-order valence-corrected chi connectivity index (χ0v) is 18.6. The summed E-state index contributed by atoms with van der Waals surface area (Å²) in [6, 6.07) is 17.8. The summed E-state index contributed by atoms with van der Waals surface area (Å²) in [6.45, 7) is 0. The third-order valence-electron chi connectivity index (χ3n) is 4.40. The molecule has 0 spiro atoms. The molecule has 0 radical (unpaired) electrons. The smallest absolute Gasteiger partial charge is 0.261 e. The van der Waals surface area contributed by atoms with Gasteiger partial charge in [0.2, 0.25) is 0 Å². The number of rotatable bonds is 6. The summed E-state index contributed by atoms with van der Waals surface area (Å²) < 4.78 is 41.0. The van der Waals surface area contributed by atoms with Gasteiger partial charge in [0.25, 0.3) is 15.9 Å². The minimum Gasteiger partial charge on any atom is -0.298 e. The second kappa shape index (κ2) is 9.07. The van der Waals surface area contributed by atoms with Crippen molar-refractivity contribution in [2.24, 2.45) is 0 Å². The molecule has 0 saturated carbocycles. The normalized spacial score (nSPS) is 11.2. The summed E-state index contributed by atoms with van der Waals surface area (Å²) in [4.78, 5) is 17.2. The van der Waals surface area contributed by atoms with Crippen LogP contribution in [0.15, 0.2) is 83.1 Å². The van der Waals surface area contributed by atoms with Gasteiger partial charge in [0.05, 0.1) is 21.8 Å². The number of para-hydroxylation sites is 1. The lowest BCUT2D eigenvalue weighted by atomic mass is 10.2. The van der Waals surface area contributed by atoms with Crippen LogP contribution in [0.1, 0.15) is 10.4 Å². The maximum Gasteiger partial charge on any atom is 0.261 e. The number of halogens is 2. The fraction of sp³-hybridized carbons (Fsp3) is 0. The molecule has 6 nitrogen and oxygen atoms in total. The van der Waals surface area contributed by atoms with E-state index in [1.54, 1.807) is 29.6 Å². The van der Waals surface area contributed by atoms with Gasteiger partial charge in [0.1, 0.15) is 5.82 Å². The Balaban J connectivity index is 1.54.